The minimum absolute atomic E-state index is 0.192. The van der Waals surface area contributed by atoms with Crippen molar-refractivity contribution in [1.29, 1.82) is 0 Å². The molecule has 138 valence electrons. The minimum Gasteiger partial charge on any atom is -0.377 e. The highest BCUT2D eigenvalue weighted by molar-refractivity contribution is 6.28. The summed E-state index contributed by atoms with van der Waals surface area (Å²) >= 11 is 6.33. The molecule has 0 unspecified atom stereocenters. The second-order valence-electron chi connectivity index (χ2n) is 7.66. The van der Waals surface area contributed by atoms with Gasteiger partial charge in [-0.2, -0.15) is 0 Å². The Kier molecular flexibility index (Phi) is 4.63. The molecule has 0 N–H and O–H groups in total. The Morgan fingerprint density at radius 2 is 2.00 bits per heavy atom. The topological polar surface area (TPSA) is 41.5 Å². The fraction of sp³-hybridized carbons (Fsp3) is 0.500. The van der Waals surface area contributed by atoms with E-state index in [2.05, 4.69) is 70.9 Å². The van der Waals surface area contributed by atoms with Gasteiger partial charge in [0.25, 0.3) is 0 Å². The van der Waals surface area contributed by atoms with Crippen LogP contribution in [0.15, 0.2) is 30.3 Å². The van der Waals surface area contributed by atoms with Crippen LogP contribution >= 0.6 is 11.6 Å². The SMILES string of the molecule is C[C@@H]1COCCN1c1nc(Cl)nc2c1CN(Cc1ccccc1)C2(C)C. The number of fused-ring (bicyclic) bond motifs is 1. The minimum atomic E-state index is -0.192. The number of benzene rings is 1. The summed E-state index contributed by atoms with van der Waals surface area (Å²) < 4.78 is 5.60. The van der Waals surface area contributed by atoms with Crippen LogP contribution in [-0.4, -0.2) is 40.7 Å². The lowest BCUT2D eigenvalue weighted by atomic mass is 9.99. The monoisotopic (exact) mass is 372 g/mol. The van der Waals surface area contributed by atoms with E-state index in [4.69, 9.17) is 16.3 Å². The van der Waals surface area contributed by atoms with Crippen LogP contribution in [0.25, 0.3) is 0 Å². The molecule has 1 atom stereocenters. The zero-order valence-corrected chi connectivity index (χ0v) is 16.3. The maximum absolute atomic E-state index is 6.33. The molecule has 1 saturated heterocycles. The molecular weight excluding hydrogens is 348 g/mol. The Morgan fingerprint density at radius 1 is 1.23 bits per heavy atom. The van der Waals surface area contributed by atoms with Crippen LogP contribution in [0.2, 0.25) is 5.28 Å². The molecule has 0 bridgehead atoms. The van der Waals surface area contributed by atoms with Gasteiger partial charge in [-0.05, 0) is 37.9 Å². The molecular formula is C20H25ClN4O. The first-order chi connectivity index (χ1) is 12.5. The van der Waals surface area contributed by atoms with Crippen LogP contribution in [-0.2, 0) is 23.4 Å². The summed E-state index contributed by atoms with van der Waals surface area (Å²) in [6.07, 6.45) is 0. The van der Waals surface area contributed by atoms with Gasteiger partial charge in [0.15, 0.2) is 0 Å². The number of morpholine rings is 1. The van der Waals surface area contributed by atoms with Crippen molar-refractivity contribution in [3.05, 3.63) is 52.4 Å². The van der Waals surface area contributed by atoms with Crippen molar-refractivity contribution in [2.75, 3.05) is 24.7 Å². The fourth-order valence-corrected chi connectivity index (χ4v) is 4.14. The van der Waals surface area contributed by atoms with Crippen molar-refractivity contribution >= 4 is 17.4 Å². The molecule has 1 aromatic carbocycles. The first-order valence-electron chi connectivity index (χ1n) is 9.17. The number of hydrogen-bond acceptors (Lipinski definition) is 5. The third-order valence-electron chi connectivity index (χ3n) is 5.53. The third kappa shape index (κ3) is 3.08. The van der Waals surface area contributed by atoms with Crippen molar-refractivity contribution < 1.29 is 4.74 Å². The second-order valence-corrected chi connectivity index (χ2v) is 8.00. The number of rotatable bonds is 3. The van der Waals surface area contributed by atoms with Crippen LogP contribution in [0.5, 0.6) is 0 Å². The highest BCUT2D eigenvalue weighted by atomic mass is 35.5. The lowest BCUT2D eigenvalue weighted by Crippen LogP contribution is -2.44. The summed E-state index contributed by atoms with van der Waals surface area (Å²) in [4.78, 5) is 14.0. The molecule has 0 radical (unpaired) electrons. The Bertz CT molecular complexity index is 796. The van der Waals surface area contributed by atoms with Gasteiger partial charge < -0.3 is 9.64 Å². The Morgan fingerprint density at radius 3 is 2.73 bits per heavy atom. The average molecular weight is 373 g/mol. The summed E-state index contributed by atoms with van der Waals surface area (Å²) in [5.41, 5.74) is 3.35. The second kappa shape index (κ2) is 6.80. The molecule has 1 aromatic heterocycles. The molecule has 0 saturated carbocycles. The van der Waals surface area contributed by atoms with Gasteiger partial charge in [0.2, 0.25) is 5.28 Å². The van der Waals surface area contributed by atoms with Gasteiger partial charge in [-0.3, -0.25) is 4.90 Å². The summed E-state index contributed by atoms with van der Waals surface area (Å²) in [6.45, 7) is 10.6. The van der Waals surface area contributed by atoms with Gasteiger partial charge in [-0.1, -0.05) is 30.3 Å². The molecule has 0 amide bonds. The predicted octanol–water partition coefficient (Wildman–Crippen LogP) is 3.61. The number of aromatic nitrogens is 2. The smallest absolute Gasteiger partial charge is 0.224 e. The molecule has 5 nitrogen and oxygen atoms in total. The van der Waals surface area contributed by atoms with E-state index >= 15 is 0 Å². The standard InChI is InChI=1S/C20H25ClN4O/c1-14-13-26-10-9-25(14)18-16-12-24(11-15-7-5-4-6-8-15)20(2,3)17(16)22-19(21)23-18/h4-8,14H,9-13H2,1-3H3/t14-/m1/s1. The highest BCUT2D eigenvalue weighted by Crippen LogP contribution is 2.42. The van der Waals surface area contributed by atoms with Crippen molar-refractivity contribution in [2.45, 2.75) is 45.4 Å². The molecule has 2 aliphatic heterocycles. The molecule has 0 spiro atoms. The zero-order valence-electron chi connectivity index (χ0n) is 15.6. The molecule has 2 aliphatic rings. The highest BCUT2D eigenvalue weighted by Gasteiger charge is 2.42. The quantitative estimate of drug-likeness (QED) is 0.770. The first-order valence-corrected chi connectivity index (χ1v) is 9.55. The summed E-state index contributed by atoms with van der Waals surface area (Å²) in [7, 11) is 0. The Balaban J connectivity index is 1.71. The average Bonchev–Trinajstić information content (AvgIpc) is 2.87. The van der Waals surface area contributed by atoms with E-state index in [1.54, 1.807) is 0 Å². The summed E-state index contributed by atoms with van der Waals surface area (Å²) in [5, 5.41) is 0.326. The van der Waals surface area contributed by atoms with E-state index in [1.165, 1.54) is 11.1 Å². The van der Waals surface area contributed by atoms with Crippen molar-refractivity contribution in [3.8, 4) is 0 Å². The van der Waals surface area contributed by atoms with Gasteiger partial charge >= 0.3 is 0 Å². The van der Waals surface area contributed by atoms with Crippen molar-refractivity contribution in [2.24, 2.45) is 0 Å². The van der Waals surface area contributed by atoms with E-state index in [9.17, 15) is 0 Å². The molecule has 6 heteroatoms. The zero-order chi connectivity index (χ0) is 18.3. The van der Waals surface area contributed by atoms with Gasteiger partial charge in [0, 0.05) is 25.2 Å². The first kappa shape index (κ1) is 17.7. The van der Waals surface area contributed by atoms with E-state index < -0.39 is 0 Å². The lowest BCUT2D eigenvalue weighted by Gasteiger charge is -2.35. The van der Waals surface area contributed by atoms with Crippen LogP contribution < -0.4 is 4.90 Å². The van der Waals surface area contributed by atoms with Crippen LogP contribution in [0.3, 0.4) is 0 Å². The predicted molar refractivity (Wildman–Crippen MR) is 103 cm³/mol. The molecule has 26 heavy (non-hydrogen) atoms. The van der Waals surface area contributed by atoms with Crippen LogP contribution in [0, 0.1) is 0 Å². The van der Waals surface area contributed by atoms with Crippen LogP contribution in [0.4, 0.5) is 5.82 Å². The molecule has 1 fully saturated rings. The third-order valence-corrected chi connectivity index (χ3v) is 5.70. The Labute approximate surface area is 160 Å². The van der Waals surface area contributed by atoms with E-state index in [1.807, 2.05) is 0 Å². The van der Waals surface area contributed by atoms with Crippen molar-refractivity contribution in [3.63, 3.8) is 0 Å². The molecule has 4 rings (SSSR count). The lowest BCUT2D eigenvalue weighted by molar-refractivity contribution is 0.0982. The van der Waals surface area contributed by atoms with Gasteiger partial charge in [-0.25, -0.2) is 9.97 Å². The van der Waals surface area contributed by atoms with Gasteiger partial charge in [-0.15, -0.1) is 0 Å². The fourth-order valence-electron chi connectivity index (χ4n) is 3.97. The summed E-state index contributed by atoms with van der Waals surface area (Å²) in [5.74, 6) is 0.972. The van der Waals surface area contributed by atoms with Gasteiger partial charge in [0.05, 0.1) is 30.5 Å². The number of nitrogens with zero attached hydrogens (tertiary/aromatic N) is 4. The van der Waals surface area contributed by atoms with E-state index in [0.717, 1.165) is 37.8 Å². The molecule has 2 aromatic rings. The Hall–Kier alpha value is -1.69. The maximum Gasteiger partial charge on any atom is 0.224 e. The van der Waals surface area contributed by atoms with Gasteiger partial charge in [0.1, 0.15) is 5.82 Å². The maximum atomic E-state index is 6.33. The number of hydrogen-bond donors (Lipinski definition) is 0. The molecule has 0 aliphatic carbocycles. The van der Waals surface area contributed by atoms with E-state index in [0.29, 0.717) is 11.9 Å². The summed E-state index contributed by atoms with van der Waals surface area (Å²) in [6, 6.07) is 10.8. The van der Waals surface area contributed by atoms with Crippen molar-refractivity contribution in [1.82, 2.24) is 14.9 Å². The number of halogens is 1. The molecule has 3 heterocycles. The largest absolute Gasteiger partial charge is 0.377 e. The van der Waals surface area contributed by atoms with Crippen LogP contribution in [0.1, 0.15) is 37.6 Å². The number of ether oxygens (including phenoxy) is 1. The normalized spacial score (nSPS) is 22.5. The van der Waals surface area contributed by atoms with E-state index in [-0.39, 0.29) is 11.6 Å². The number of anilines is 1.